The maximum absolute atomic E-state index is 13.1. The summed E-state index contributed by atoms with van der Waals surface area (Å²) < 4.78 is 18.4. The van der Waals surface area contributed by atoms with Crippen molar-refractivity contribution >= 4 is 5.69 Å². The van der Waals surface area contributed by atoms with Gasteiger partial charge in [0.15, 0.2) is 0 Å². The van der Waals surface area contributed by atoms with E-state index in [1.807, 2.05) is 30.3 Å². The van der Waals surface area contributed by atoms with E-state index < -0.39 is 0 Å². The van der Waals surface area contributed by atoms with E-state index >= 15 is 0 Å². The molecule has 2 aromatic rings. The third kappa shape index (κ3) is 2.64. The van der Waals surface area contributed by atoms with Crippen molar-refractivity contribution in [2.45, 2.75) is 18.4 Å². The van der Waals surface area contributed by atoms with E-state index in [4.69, 9.17) is 4.74 Å². The van der Waals surface area contributed by atoms with Gasteiger partial charge in [0.25, 0.3) is 0 Å². The van der Waals surface area contributed by atoms with Crippen LogP contribution in [0, 0.1) is 5.82 Å². The highest BCUT2D eigenvalue weighted by Crippen LogP contribution is 2.42. The minimum atomic E-state index is -0.208. The van der Waals surface area contributed by atoms with Crippen LogP contribution in [0.25, 0.3) is 0 Å². The lowest BCUT2D eigenvalue weighted by molar-refractivity contribution is 0.413. The molecule has 0 saturated carbocycles. The van der Waals surface area contributed by atoms with E-state index in [-0.39, 0.29) is 17.8 Å². The van der Waals surface area contributed by atoms with Crippen molar-refractivity contribution in [1.82, 2.24) is 0 Å². The first kappa shape index (κ1) is 13.7. The number of benzene rings is 2. The van der Waals surface area contributed by atoms with Crippen LogP contribution < -0.4 is 10.1 Å². The number of ether oxygens (including phenoxy) is 1. The molecule has 0 radical (unpaired) electrons. The first-order chi connectivity index (χ1) is 10.2. The molecule has 108 valence electrons. The SMILES string of the molecule is C=C[C@H]1C[C@@H](c2ccc(F)cc2)Nc2ccc(OC)cc21. The highest BCUT2D eigenvalue weighted by molar-refractivity contribution is 5.60. The highest BCUT2D eigenvalue weighted by atomic mass is 19.1. The van der Waals surface area contributed by atoms with Crippen LogP contribution in [0.15, 0.2) is 55.1 Å². The van der Waals surface area contributed by atoms with Crippen molar-refractivity contribution in [3.05, 3.63) is 72.1 Å². The second-order valence-corrected chi connectivity index (χ2v) is 5.28. The van der Waals surface area contributed by atoms with Crippen LogP contribution in [0.2, 0.25) is 0 Å². The van der Waals surface area contributed by atoms with Crippen LogP contribution in [0.3, 0.4) is 0 Å². The van der Waals surface area contributed by atoms with Crippen LogP contribution in [-0.4, -0.2) is 7.11 Å². The predicted octanol–water partition coefficient (Wildman–Crippen LogP) is 4.66. The molecule has 2 atom stereocenters. The summed E-state index contributed by atoms with van der Waals surface area (Å²) in [5.74, 6) is 0.897. The number of halogens is 1. The van der Waals surface area contributed by atoms with Crippen LogP contribution in [0.5, 0.6) is 5.75 Å². The minimum absolute atomic E-state index is 0.162. The molecular formula is C18H18FNO. The number of hydrogen-bond acceptors (Lipinski definition) is 2. The molecule has 0 amide bonds. The van der Waals surface area contributed by atoms with Crippen LogP contribution in [0.1, 0.15) is 29.5 Å². The molecule has 0 aromatic heterocycles. The van der Waals surface area contributed by atoms with Crippen molar-refractivity contribution in [2.75, 3.05) is 12.4 Å². The third-order valence-electron chi connectivity index (χ3n) is 4.03. The lowest BCUT2D eigenvalue weighted by atomic mass is 9.84. The van der Waals surface area contributed by atoms with Crippen LogP contribution >= 0.6 is 0 Å². The van der Waals surface area contributed by atoms with Gasteiger partial charge in [0, 0.05) is 11.6 Å². The van der Waals surface area contributed by atoms with Gasteiger partial charge >= 0.3 is 0 Å². The van der Waals surface area contributed by atoms with Gasteiger partial charge in [-0.25, -0.2) is 4.39 Å². The monoisotopic (exact) mass is 283 g/mol. The lowest BCUT2D eigenvalue weighted by Crippen LogP contribution is -2.20. The maximum atomic E-state index is 13.1. The Morgan fingerprint density at radius 2 is 2.00 bits per heavy atom. The fourth-order valence-electron chi connectivity index (χ4n) is 2.87. The van der Waals surface area contributed by atoms with E-state index in [0.717, 1.165) is 23.4 Å². The maximum Gasteiger partial charge on any atom is 0.123 e. The Labute approximate surface area is 124 Å². The Morgan fingerprint density at radius 1 is 1.24 bits per heavy atom. The van der Waals surface area contributed by atoms with E-state index in [1.54, 1.807) is 7.11 Å². The fourth-order valence-corrected chi connectivity index (χ4v) is 2.87. The summed E-state index contributed by atoms with van der Waals surface area (Å²) in [5.41, 5.74) is 3.37. The molecule has 21 heavy (non-hydrogen) atoms. The van der Waals surface area contributed by atoms with Gasteiger partial charge in [0.2, 0.25) is 0 Å². The Bertz CT molecular complexity index is 651. The van der Waals surface area contributed by atoms with Gasteiger partial charge in [-0.05, 0) is 47.9 Å². The molecule has 1 heterocycles. The predicted molar refractivity (Wildman–Crippen MR) is 83.3 cm³/mol. The molecule has 0 spiro atoms. The van der Waals surface area contributed by atoms with Gasteiger partial charge in [-0.1, -0.05) is 18.2 Å². The van der Waals surface area contributed by atoms with E-state index in [0.29, 0.717) is 0 Å². The fraction of sp³-hybridized carbons (Fsp3) is 0.222. The largest absolute Gasteiger partial charge is 0.497 e. The Kier molecular flexibility index (Phi) is 3.65. The molecule has 1 aliphatic heterocycles. The smallest absolute Gasteiger partial charge is 0.123 e. The average molecular weight is 283 g/mol. The van der Waals surface area contributed by atoms with Gasteiger partial charge in [0.05, 0.1) is 13.2 Å². The van der Waals surface area contributed by atoms with Gasteiger partial charge in [-0.15, -0.1) is 6.58 Å². The highest BCUT2D eigenvalue weighted by Gasteiger charge is 2.26. The quantitative estimate of drug-likeness (QED) is 0.827. The second-order valence-electron chi connectivity index (χ2n) is 5.28. The molecular weight excluding hydrogens is 265 g/mol. The number of anilines is 1. The standard InChI is InChI=1S/C18H18FNO/c1-3-12-10-18(13-4-6-14(19)7-5-13)20-17-9-8-15(21-2)11-16(12)17/h3-9,11-12,18,20H,1,10H2,2H3/t12-,18-/m0/s1. The first-order valence-electron chi connectivity index (χ1n) is 7.03. The molecule has 2 aromatic carbocycles. The van der Waals surface area contributed by atoms with E-state index in [9.17, 15) is 4.39 Å². The number of rotatable bonds is 3. The van der Waals surface area contributed by atoms with Crippen molar-refractivity contribution in [3.8, 4) is 5.75 Å². The molecule has 0 bridgehead atoms. The summed E-state index contributed by atoms with van der Waals surface area (Å²) in [6, 6.07) is 12.9. The van der Waals surface area contributed by atoms with Gasteiger partial charge in [-0.2, -0.15) is 0 Å². The average Bonchev–Trinajstić information content (AvgIpc) is 2.54. The molecule has 0 aliphatic carbocycles. The van der Waals surface area contributed by atoms with Gasteiger partial charge in [0.1, 0.15) is 11.6 Å². The molecule has 3 heteroatoms. The number of allylic oxidation sites excluding steroid dienone is 1. The topological polar surface area (TPSA) is 21.3 Å². The third-order valence-corrected chi connectivity index (χ3v) is 4.03. The lowest BCUT2D eigenvalue weighted by Gasteiger charge is -2.32. The number of hydrogen-bond donors (Lipinski definition) is 1. The molecule has 3 rings (SSSR count). The summed E-state index contributed by atoms with van der Waals surface area (Å²) in [6.45, 7) is 3.95. The van der Waals surface area contributed by atoms with Crippen molar-refractivity contribution in [2.24, 2.45) is 0 Å². The Hall–Kier alpha value is -2.29. The summed E-state index contributed by atoms with van der Waals surface area (Å²) in [6.07, 6.45) is 2.87. The Morgan fingerprint density at radius 3 is 2.67 bits per heavy atom. The summed E-state index contributed by atoms with van der Waals surface area (Å²) in [7, 11) is 1.67. The number of nitrogens with one attached hydrogen (secondary N) is 1. The Balaban J connectivity index is 1.95. The van der Waals surface area contributed by atoms with Crippen molar-refractivity contribution < 1.29 is 9.13 Å². The molecule has 1 N–H and O–H groups in total. The molecule has 0 fully saturated rings. The zero-order chi connectivity index (χ0) is 14.8. The normalized spacial score (nSPS) is 20.3. The van der Waals surface area contributed by atoms with E-state index in [2.05, 4.69) is 18.0 Å². The molecule has 0 saturated heterocycles. The van der Waals surface area contributed by atoms with Crippen LogP contribution in [0.4, 0.5) is 10.1 Å². The summed E-state index contributed by atoms with van der Waals surface area (Å²) in [4.78, 5) is 0. The minimum Gasteiger partial charge on any atom is -0.497 e. The second kappa shape index (κ2) is 5.60. The van der Waals surface area contributed by atoms with Gasteiger partial charge in [-0.3, -0.25) is 0 Å². The number of methoxy groups -OCH3 is 1. The van der Waals surface area contributed by atoms with Crippen molar-refractivity contribution in [3.63, 3.8) is 0 Å². The number of fused-ring (bicyclic) bond motifs is 1. The molecule has 2 nitrogen and oxygen atoms in total. The van der Waals surface area contributed by atoms with E-state index in [1.165, 1.54) is 17.7 Å². The van der Waals surface area contributed by atoms with Gasteiger partial charge < -0.3 is 10.1 Å². The molecule has 1 aliphatic rings. The molecule has 0 unspecified atom stereocenters. The van der Waals surface area contributed by atoms with Crippen molar-refractivity contribution in [1.29, 1.82) is 0 Å². The summed E-state index contributed by atoms with van der Waals surface area (Å²) >= 11 is 0. The first-order valence-corrected chi connectivity index (χ1v) is 7.03. The van der Waals surface area contributed by atoms with Crippen LogP contribution in [-0.2, 0) is 0 Å². The zero-order valence-electron chi connectivity index (χ0n) is 12.0. The zero-order valence-corrected chi connectivity index (χ0v) is 12.0. The summed E-state index contributed by atoms with van der Waals surface area (Å²) in [5, 5.41) is 3.52.